The van der Waals surface area contributed by atoms with Crippen molar-refractivity contribution in [1.82, 2.24) is 0 Å². The lowest BCUT2D eigenvalue weighted by atomic mass is 10.3. The first-order chi connectivity index (χ1) is 7.35. The van der Waals surface area contributed by atoms with Crippen LogP contribution in [0, 0.1) is 0 Å². The zero-order valence-corrected chi connectivity index (χ0v) is 10.9. The molecular weight excluding hydrogens is 256 g/mol. The van der Waals surface area contributed by atoms with Gasteiger partial charge in [0.05, 0.1) is 0 Å². The molecule has 2 nitrogen and oxygen atoms in total. The van der Waals surface area contributed by atoms with Crippen LogP contribution in [0.15, 0.2) is 35.4 Å². The highest BCUT2D eigenvalue weighted by atomic mass is 79.9. The predicted octanol–water partition coefficient (Wildman–Crippen LogP) is 3.80. The van der Waals surface area contributed by atoms with Crippen LogP contribution in [0.2, 0.25) is 0 Å². The molecule has 0 aliphatic carbocycles. The van der Waals surface area contributed by atoms with E-state index in [4.69, 9.17) is 9.47 Å². The molecule has 0 N–H and O–H groups in total. The Labute approximate surface area is 101 Å². The molecule has 0 spiro atoms. The van der Waals surface area contributed by atoms with Gasteiger partial charge < -0.3 is 9.47 Å². The number of hydrogen-bond donors (Lipinski definition) is 0. The Balaban J connectivity index is 3.76. The molecule has 0 aromatic heterocycles. The van der Waals surface area contributed by atoms with Gasteiger partial charge in [-0.05, 0) is 18.8 Å². The van der Waals surface area contributed by atoms with E-state index in [1.165, 1.54) is 0 Å². The summed E-state index contributed by atoms with van der Waals surface area (Å²) in [5.41, 5.74) is 0. The highest BCUT2D eigenvalue weighted by Crippen LogP contribution is 2.02. The molecule has 0 saturated heterocycles. The molecule has 0 rings (SSSR count). The summed E-state index contributed by atoms with van der Waals surface area (Å²) in [4.78, 5) is 1.81. The summed E-state index contributed by atoms with van der Waals surface area (Å²) in [6.45, 7) is 5.30. The van der Waals surface area contributed by atoms with Crippen molar-refractivity contribution in [3.05, 3.63) is 35.4 Å². The second kappa shape index (κ2) is 11.7. The van der Waals surface area contributed by atoms with Crippen LogP contribution in [-0.4, -0.2) is 19.5 Å². The number of halogens is 1. The molecule has 0 radical (unpaired) electrons. The van der Waals surface area contributed by atoms with Crippen molar-refractivity contribution in [3.63, 3.8) is 0 Å². The first-order valence-corrected chi connectivity index (χ1v) is 6.08. The first-order valence-electron chi connectivity index (χ1n) is 5.16. The highest BCUT2D eigenvalue weighted by molar-refractivity contribution is 9.11. The minimum Gasteiger partial charge on any atom is -0.353 e. The van der Waals surface area contributed by atoms with E-state index < -0.39 is 0 Å². The summed E-state index contributed by atoms with van der Waals surface area (Å²) in [5, 5.41) is 0. The van der Waals surface area contributed by atoms with Crippen molar-refractivity contribution >= 4 is 15.9 Å². The number of rotatable bonds is 8. The molecule has 86 valence electrons. The van der Waals surface area contributed by atoms with Gasteiger partial charge in [-0.3, -0.25) is 0 Å². The molecule has 0 aliphatic rings. The maximum atomic E-state index is 5.39. The fraction of sp³-hybridized carbons (Fsp3) is 0.500. The SMILES string of the molecule is CCOC(C/C=C/C=C/C=C\Br)OCC. The largest absolute Gasteiger partial charge is 0.353 e. The number of allylic oxidation sites excluding steroid dienone is 4. The topological polar surface area (TPSA) is 18.5 Å². The molecule has 0 saturated carbocycles. The van der Waals surface area contributed by atoms with E-state index in [1.54, 1.807) is 4.99 Å². The lowest BCUT2D eigenvalue weighted by Gasteiger charge is -2.14. The third-order valence-corrected chi connectivity index (χ3v) is 1.88. The third-order valence-electron chi connectivity index (χ3n) is 1.58. The molecule has 0 amide bonds. The second-order valence-electron chi connectivity index (χ2n) is 2.71. The fourth-order valence-corrected chi connectivity index (χ4v) is 1.17. The van der Waals surface area contributed by atoms with Crippen LogP contribution in [0.25, 0.3) is 0 Å². The molecule has 0 aromatic carbocycles. The first kappa shape index (κ1) is 14.6. The summed E-state index contributed by atoms with van der Waals surface area (Å²) < 4.78 is 10.8. The second-order valence-corrected chi connectivity index (χ2v) is 3.24. The van der Waals surface area contributed by atoms with E-state index in [1.807, 2.05) is 44.2 Å². The van der Waals surface area contributed by atoms with Crippen LogP contribution in [0.1, 0.15) is 20.3 Å². The molecule has 0 atom stereocenters. The Morgan fingerprint density at radius 1 is 1.00 bits per heavy atom. The predicted molar refractivity (Wildman–Crippen MR) is 68.0 cm³/mol. The van der Waals surface area contributed by atoms with Gasteiger partial charge in [0.25, 0.3) is 0 Å². The Morgan fingerprint density at radius 2 is 1.60 bits per heavy atom. The standard InChI is InChI=1S/C12H19BrO2/c1-3-14-12(15-4-2)10-8-6-5-7-9-11-13/h5-9,11-12H,3-4,10H2,1-2H3/b7-5+,8-6+,11-9-. The van der Waals surface area contributed by atoms with Crippen LogP contribution in [-0.2, 0) is 9.47 Å². The van der Waals surface area contributed by atoms with Crippen LogP contribution in [0.5, 0.6) is 0 Å². The molecule has 0 aromatic rings. The van der Waals surface area contributed by atoms with Gasteiger partial charge in [0.15, 0.2) is 6.29 Å². The van der Waals surface area contributed by atoms with Gasteiger partial charge in [-0.15, -0.1) is 0 Å². The minimum atomic E-state index is -0.114. The maximum Gasteiger partial charge on any atom is 0.160 e. The van der Waals surface area contributed by atoms with Gasteiger partial charge in [-0.25, -0.2) is 0 Å². The summed E-state index contributed by atoms with van der Waals surface area (Å²) >= 11 is 3.19. The molecule has 3 heteroatoms. The van der Waals surface area contributed by atoms with Crippen LogP contribution in [0.4, 0.5) is 0 Å². The van der Waals surface area contributed by atoms with Crippen LogP contribution < -0.4 is 0 Å². The lowest BCUT2D eigenvalue weighted by molar-refractivity contribution is -0.133. The van der Waals surface area contributed by atoms with Gasteiger partial charge in [0.2, 0.25) is 0 Å². The van der Waals surface area contributed by atoms with Gasteiger partial charge in [-0.2, -0.15) is 0 Å². The van der Waals surface area contributed by atoms with Crippen molar-refractivity contribution in [2.75, 3.05) is 13.2 Å². The van der Waals surface area contributed by atoms with E-state index in [2.05, 4.69) is 15.9 Å². The van der Waals surface area contributed by atoms with Crippen LogP contribution in [0.3, 0.4) is 0 Å². The van der Waals surface area contributed by atoms with Crippen molar-refractivity contribution in [2.24, 2.45) is 0 Å². The Bertz CT molecular complexity index is 204. The molecule has 0 heterocycles. The summed E-state index contributed by atoms with van der Waals surface area (Å²) in [6.07, 6.45) is 10.5. The van der Waals surface area contributed by atoms with Gasteiger partial charge in [0.1, 0.15) is 0 Å². The van der Waals surface area contributed by atoms with Gasteiger partial charge in [-0.1, -0.05) is 46.3 Å². The normalized spacial score (nSPS) is 12.8. The smallest absolute Gasteiger partial charge is 0.160 e. The van der Waals surface area contributed by atoms with Gasteiger partial charge in [0, 0.05) is 19.6 Å². The molecule has 0 unspecified atom stereocenters. The Hall–Kier alpha value is -0.380. The average Bonchev–Trinajstić information content (AvgIpc) is 2.24. The van der Waals surface area contributed by atoms with Crippen molar-refractivity contribution in [1.29, 1.82) is 0 Å². The van der Waals surface area contributed by atoms with Crippen molar-refractivity contribution in [3.8, 4) is 0 Å². The van der Waals surface area contributed by atoms with E-state index in [0.29, 0.717) is 13.2 Å². The summed E-state index contributed by atoms with van der Waals surface area (Å²) in [5.74, 6) is 0. The van der Waals surface area contributed by atoms with Crippen molar-refractivity contribution in [2.45, 2.75) is 26.6 Å². The Kier molecular flexibility index (Phi) is 11.4. The molecule has 0 fully saturated rings. The monoisotopic (exact) mass is 274 g/mol. The maximum absolute atomic E-state index is 5.39. The van der Waals surface area contributed by atoms with Crippen LogP contribution >= 0.6 is 15.9 Å². The average molecular weight is 275 g/mol. The molecule has 0 aliphatic heterocycles. The minimum absolute atomic E-state index is 0.114. The lowest BCUT2D eigenvalue weighted by Crippen LogP contribution is -2.16. The zero-order valence-electron chi connectivity index (χ0n) is 9.36. The van der Waals surface area contributed by atoms with E-state index in [-0.39, 0.29) is 6.29 Å². The van der Waals surface area contributed by atoms with Crippen molar-refractivity contribution < 1.29 is 9.47 Å². The summed E-state index contributed by atoms with van der Waals surface area (Å²) in [7, 11) is 0. The molecular formula is C12H19BrO2. The molecule has 0 bridgehead atoms. The van der Waals surface area contributed by atoms with E-state index >= 15 is 0 Å². The number of hydrogen-bond acceptors (Lipinski definition) is 2. The van der Waals surface area contributed by atoms with Gasteiger partial charge >= 0.3 is 0 Å². The zero-order chi connectivity index (χ0) is 11.4. The van der Waals surface area contributed by atoms with E-state index in [9.17, 15) is 0 Å². The van der Waals surface area contributed by atoms with E-state index in [0.717, 1.165) is 6.42 Å². The highest BCUT2D eigenvalue weighted by Gasteiger charge is 2.03. The molecule has 15 heavy (non-hydrogen) atoms. The fourth-order valence-electron chi connectivity index (χ4n) is 0.995. The number of ether oxygens (including phenoxy) is 2. The Morgan fingerprint density at radius 3 is 2.13 bits per heavy atom. The third kappa shape index (κ3) is 9.91. The summed E-state index contributed by atoms with van der Waals surface area (Å²) in [6, 6.07) is 0. The quantitative estimate of drug-likeness (QED) is 0.495.